The quantitative estimate of drug-likeness (QED) is 0.555. The third kappa shape index (κ3) is 5.02. The predicted molar refractivity (Wildman–Crippen MR) is 121 cm³/mol. The summed E-state index contributed by atoms with van der Waals surface area (Å²) in [6.07, 6.45) is 0. The molecule has 0 spiro atoms. The van der Waals surface area contributed by atoms with Crippen LogP contribution in [0.15, 0.2) is 41.3 Å². The Morgan fingerprint density at radius 1 is 1.10 bits per heavy atom. The Morgan fingerprint density at radius 3 is 2.52 bits per heavy atom. The van der Waals surface area contributed by atoms with Gasteiger partial charge < -0.3 is 10.6 Å². The van der Waals surface area contributed by atoms with Crippen LogP contribution in [-0.2, 0) is 16.6 Å². The molecule has 2 aromatic carbocycles. The summed E-state index contributed by atoms with van der Waals surface area (Å²) < 4.78 is 28.4. The molecule has 0 bridgehead atoms. The molecular formula is C21H28N6O3S. The van der Waals surface area contributed by atoms with E-state index in [1.165, 1.54) is 10.4 Å². The lowest BCUT2D eigenvalue weighted by molar-refractivity contribution is 0.251. The molecule has 0 atom stereocenters. The topological polar surface area (TPSA) is 109 Å². The Kier molecular flexibility index (Phi) is 6.91. The van der Waals surface area contributed by atoms with E-state index in [1.807, 2.05) is 32.0 Å². The summed E-state index contributed by atoms with van der Waals surface area (Å²) >= 11 is 0. The van der Waals surface area contributed by atoms with E-state index in [9.17, 15) is 13.2 Å². The molecule has 3 rings (SSSR count). The van der Waals surface area contributed by atoms with Crippen molar-refractivity contribution < 1.29 is 13.2 Å². The van der Waals surface area contributed by atoms with Gasteiger partial charge in [-0.25, -0.2) is 17.9 Å². The number of rotatable bonds is 8. The molecule has 31 heavy (non-hydrogen) atoms. The van der Waals surface area contributed by atoms with Crippen LogP contribution in [0.2, 0.25) is 0 Å². The minimum atomic E-state index is -3.56. The van der Waals surface area contributed by atoms with E-state index < -0.39 is 10.0 Å². The number of carbonyl (C=O) groups is 1. The van der Waals surface area contributed by atoms with Crippen LogP contribution in [0.25, 0.3) is 11.0 Å². The van der Waals surface area contributed by atoms with E-state index in [2.05, 4.69) is 20.9 Å². The fourth-order valence-electron chi connectivity index (χ4n) is 3.39. The fraction of sp³-hybridized carbons (Fsp3) is 0.381. The number of nitrogens with zero attached hydrogens (tertiary/aromatic N) is 4. The van der Waals surface area contributed by atoms with E-state index in [0.29, 0.717) is 37.2 Å². The molecule has 0 aliphatic heterocycles. The number of amides is 2. The van der Waals surface area contributed by atoms with Crippen molar-refractivity contribution in [3.63, 3.8) is 0 Å². The van der Waals surface area contributed by atoms with Crippen LogP contribution in [0, 0.1) is 13.8 Å². The van der Waals surface area contributed by atoms with Crippen molar-refractivity contribution in [1.29, 1.82) is 0 Å². The van der Waals surface area contributed by atoms with Crippen molar-refractivity contribution in [3.05, 3.63) is 47.5 Å². The van der Waals surface area contributed by atoms with Crippen LogP contribution in [0.1, 0.15) is 25.0 Å². The number of sulfonamides is 1. The number of aromatic nitrogens is 3. The van der Waals surface area contributed by atoms with Gasteiger partial charge in [-0.3, -0.25) is 0 Å². The SMILES string of the molecule is CCN(CC)S(=O)(=O)c1ccc2c(c1)nnn2CCNC(=O)Nc1ccc(C)cc1C. The largest absolute Gasteiger partial charge is 0.336 e. The van der Waals surface area contributed by atoms with Gasteiger partial charge in [-0.05, 0) is 43.7 Å². The molecular weight excluding hydrogens is 416 g/mol. The summed E-state index contributed by atoms with van der Waals surface area (Å²) in [5, 5.41) is 13.8. The van der Waals surface area contributed by atoms with Crippen LogP contribution in [-0.4, -0.2) is 53.4 Å². The van der Waals surface area contributed by atoms with Crippen molar-refractivity contribution >= 4 is 32.8 Å². The van der Waals surface area contributed by atoms with Gasteiger partial charge in [0.2, 0.25) is 10.0 Å². The van der Waals surface area contributed by atoms with Gasteiger partial charge in [-0.2, -0.15) is 4.31 Å². The third-order valence-corrected chi connectivity index (χ3v) is 7.11. The van der Waals surface area contributed by atoms with Gasteiger partial charge in [-0.15, -0.1) is 5.10 Å². The molecule has 2 N–H and O–H groups in total. The molecule has 1 aromatic heterocycles. The molecule has 3 aromatic rings. The standard InChI is InChI=1S/C21H28N6O3S/c1-5-26(6-2)31(29,30)17-8-10-20-19(14-17)24-25-27(20)12-11-22-21(28)23-18-9-7-15(3)13-16(18)4/h7-10,13-14H,5-6,11-12H2,1-4H3,(H2,22,23,28). The minimum Gasteiger partial charge on any atom is -0.336 e. The number of hydrogen-bond acceptors (Lipinski definition) is 5. The highest BCUT2D eigenvalue weighted by Crippen LogP contribution is 2.20. The number of carbonyl (C=O) groups excluding carboxylic acids is 1. The third-order valence-electron chi connectivity index (χ3n) is 5.07. The number of nitrogens with one attached hydrogen (secondary N) is 2. The smallest absolute Gasteiger partial charge is 0.319 e. The molecule has 0 saturated heterocycles. The van der Waals surface area contributed by atoms with Crippen molar-refractivity contribution in [2.75, 3.05) is 25.0 Å². The van der Waals surface area contributed by atoms with Crippen molar-refractivity contribution in [3.8, 4) is 0 Å². The number of aryl methyl sites for hydroxylation is 2. The molecule has 0 aliphatic carbocycles. The molecule has 2 amide bonds. The Labute approximate surface area is 182 Å². The van der Waals surface area contributed by atoms with Gasteiger partial charge >= 0.3 is 6.03 Å². The molecule has 10 heteroatoms. The van der Waals surface area contributed by atoms with E-state index in [0.717, 1.165) is 16.8 Å². The Hall–Kier alpha value is -2.98. The van der Waals surface area contributed by atoms with Gasteiger partial charge in [0, 0.05) is 25.3 Å². The summed E-state index contributed by atoms with van der Waals surface area (Å²) in [5.41, 5.74) is 4.08. The highest BCUT2D eigenvalue weighted by atomic mass is 32.2. The molecule has 166 valence electrons. The average molecular weight is 445 g/mol. The summed E-state index contributed by atoms with van der Waals surface area (Å²) in [4.78, 5) is 12.4. The maximum absolute atomic E-state index is 12.7. The van der Waals surface area contributed by atoms with Gasteiger partial charge in [0.1, 0.15) is 5.52 Å². The van der Waals surface area contributed by atoms with E-state index >= 15 is 0 Å². The maximum Gasteiger partial charge on any atom is 0.319 e. The summed E-state index contributed by atoms with van der Waals surface area (Å²) in [6, 6.07) is 10.3. The average Bonchev–Trinajstić information content (AvgIpc) is 3.13. The first kappa shape index (κ1) is 22.7. The van der Waals surface area contributed by atoms with Crippen LogP contribution in [0.4, 0.5) is 10.5 Å². The van der Waals surface area contributed by atoms with E-state index in [1.54, 1.807) is 30.7 Å². The van der Waals surface area contributed by atoms with Crippen LogP contribution in [0.5, 0.6) is 0 Å². The van der Waals surface area contributed by atoms with Gasteiger partial charge in [0.15, 0.2) is 0 Å². The second-order valence-electron chi connectivity index (χ2n) is 7.25. The van der Waals surface area contributed by atoms with E-state index in [4.69, 9.17) is 0 Å². The monoisotopic (exact) mass is 444 g/mol. The first-order chi connectivity index (χ1) is 14.8. The van der Waals surface area contributed by atoms with Crippen molar-refractivity contribution in [2.45, 2.75) is 39.1 Å². The van der Waals surface area contributed by atoms with Crippen LogP contribution in [0.3, 0.4) is 0 Å². The lowest BCUT2D eigenvalue weighted by Gasteiger charge is -2.18. The molecule has 0 fully saturated rings. The second-order valence-corrected chi connectivity index (χ2v) is 9.19. The first-order valence-electron chi connectivity index (χ1n) is 10.2. The zero-order valence-corrected chi connectivity index (χ0v) is 19.0. The zero-order chi connectivity index (χ0) is 22.6. The second kappa shape index (κ2) is 9.44. The molecule has 0 unspecified atom stereocenters. The normalized spacial score (nSPS) is 11.8. The molecule has 0 radical (unpaired) electrons. The molecule has 1 heterocycles. The fourth-order valence-corrected chi connectivity index (χ4v) is 4.86. The number of fused-ring (bicyclic) bond motifs is 1. The van der Waals surface area contributed by atoms with E-state index in [-0.39, 0.29) is 10.9 Å². The highest BCUT2D eigenvalue weighted by molar-refractivity contribution is 7.89. The number of benzene rings is 2. The van der Waals surface area contributed by atoms with Gasteiger partial charge in [0.05, 0.1) is 17.0 Å². The molecule has 9 nitrogen and oxygen atoms in total. The van der Waals surface area contributed by atoms with Gasteiger partial charge in [0.25, 0.3) is 0 Å². The first-order valence-corrected chi connectivity index (χ1v) is 11.7. The minimum absolute atomic E-state index is 0.196. The lowest BCUT2D eigenvalue weighted by Crippen LogP contribution is -2.32. The van der Waals surface area contributed by atoms with Crippen LogP contribution >= 0.6 is 0 Å². The van der Waals surface area contributed by atoms with Crippen LogP contribution < -0.4 is 10.6 Å². The predicted octanol–water partition coefficient (Wildman–Crippen LogP) is 2.90. The number of hydrogen-bond donors (Lipinski definition) is 2. The summed E-state index contributed by atoms with van der Waals surface area (Å²) in [7, 11) is -3.56. The van der Waals surface area contributed by atoms with Gasteiger partial charge in [-0.1, -0.05) is 36.8 Å². The number of urea groups is 1. The van der Waals surface area contributed by atoms with Crippen molar-refractivity contribution in [2.24, 2.45) is 0 Å². The maximum atomic E-state index is 12.7. The lowest BCUT2D eigenvalue weighted by atomic mass is 10.1. The molecule has 0 aliphatic rings. The van der Waals surface area contributed by atoms with Crippen molar-refractivity contribution in [1.82, 2.24) is 24.6 Å². The Bertz CT molecular complexity index is 1190. The Morgan fingerprint density at radius 2 is 1.84 bits per heavy atom. The number of anilines is 1. The summed E-state index contributed by atoms with van der Waals surface area (Å²) in [5.74, 6) is 0. The summed E-state index contributed by atoms with van der Waals surface area (Å²) in [6.45, 7) is 9.10. The highest BCUT2D eigenvalue weighted by Gasteiger charge is 2.22. The zero-order valence-electron chi connectivity index (χ0n) is 18.2. The molecule has 0 saturated carbocycles. The Balaban J connectivity index is 1.64.